The van der Waals surface area contributed by atoms with Crippen molar-refractivity contribution in [1.82, 2.24) is 9.97 Å². The van der Waals surface area contributed by atoms with Gasteiger partial charge in [-0.3, -0.25) is 4.79 Å². The van der Waals surface area contributed by atoms with Gasteiger partial charge in [0.05, 0.1) is 13.0 Å². The number of hydrogen-bond donors (Lipinski definition) is 2. The lowest BCUT2D eigenvalue weighted by atomic mass is 9.85. The van der Waals surface area contributed by atoms with Crippen molar-refractivity contribution in [3.8, 4) is 5.88 Å². The highest BCUT2D eigenvalue weighted by atomic mass is 16.5. The van der Waals surface area contributed by atoms with Crippen LogP contribution < -0.4 is 10.1 Å². The van der Waals surface area contributed by atoms with Crippen LogP contribution in [0, 0.1) is 5.41 Å². The van der Waals surface area contributed by atoms with Gasteiger partial charge in [-0.15, -0.1) is 0 Å². The van der Waals surface area contributed by atoms with Crippen molar-refractivity contribution in [1.29, 1.82) is 0 Å². The van der Waals surface area contributed by atoms with E-state index < -0.39 is 5.97 Å². The highest BCUT2D eigenvalue weighted by Crippen LogP contribution is 2.25. The molecule has 1 aromatic heterocycles. The summed E-state index contributed by atoms with van der Waals surface area (Å²) in [6.07, 6.45) is 2.50. The normalized spacial score (nSPS) is 12.8. The van der Waals surface area contributed by atoms with Gasteiger partial charge in [-0.05, 0) is 11.8 Å². The van der Waals surface area contributed by atoms with Crippen molar-refractivity contribution in [2.45, 2.75) is 46.6 Å². The Morgan fingerprint density at radius 1 is 1.50 bits per heavy atom. The molecule has 0 saturated carbocycles. The Kier molecular flexibility index (Phi) is 5.73. The van der Waals surface area contributed by atoms with Crippen molar-refractivity contribution >= 4 is 11.9 Å². The van der Waals surface area contributed by atoms with Gasteiger partial charge in [0.25, 0.3) is 0 Å². The number of hydrogen-bond acceptors (Lipinski definition) is 5. The summed E-state index contributed by atoms with van der Waals surface area (Å²) in [6, 6.07) is 1.42. The van der Waals surface area contributed by atoms with E-state index in [4.69, 9.17) is 9.84 Å². The molecule has 0 fully saturated rings. The van der Waals surface area contributed by atoms with Gasteiger partial charge in [0.1, 0.15) is 0 Å². The van der Waals surface area contributed by atoms with Gasteiger partial charge in [0.15, 0.2) is 0 Å². The Morgan fingerprint density at radius 3 is 2.75 bits per heavy atom. The third kappa shape index (κ3) is 5.42. The van der Waals surface area contributed by atoms with Crippen LogP contribution in [0.2, 0.25) is 0 Å². The average molecular weight is 281 g/mol. The highest BCUT2D eigenvalue weighted by molar-refractivity contribution is 5.68. The van der Waals surface area contributed by atoms with E-state index in [9.17, 15) is 4.79 Å². The number of carboxylic acid groups (broad SMARTS) is 1. The number of anilines is 1. The monoisotopic (exact) mass is 281 g/mol. The molecule has 0 amide bonds. The number of aromatic nitrogens is 2. The first kappa shape index (κ1) is 16.2. The molecule has 1 rings (SSSR count). The summed E-state index contributed by atoms with van der Waals surface area (Å²) in [4.78, 5) is 19.3. The maximum atomic E-state index is 10.9. The fraction of sp³-hybridized carbons (Fsp3) is 0.643. The molecule has 6 heteroatoms. The molecule has 1 heterocycles. The van der Waals surface area contributed by atoms with E-state index in [1.54, 1.807) is 12.3 Å². The van der Waals surface area contributed by atoms with Crippen molar-refractivity contribution in [2.75, 3.05) is 11.9 Å². The van der Waals surface area contributed by atoms with Crippen LogP contribution in [0.25, 0.3) is 0 Å². The summed E-state index contributed by atoms with van der Waals surface area (Å²) < 4.78 is 5.44. The van der Waals surface area contributed by atoms with Crippen molar-refractivity contribution < 1.29 is 14.6 Å². The van der Waals surface area contributed by atoms with E-state index in [0.29, 0.717) is 18.4 Å². The molecule has 0 saturated heterocycles. The number of ether oxygens (including phenoxy) is 1. The minimum Gasteiger partial charge on any atom is -0.481 e. The van der Waals surface area contributed by atoms with Crippen LogP contribution in [0.1, 0.15) is 40.5 Å². The first-order valence-corrected chi connectivity index (χ1v) is 6.77. The molecule has 2 N–H and O–H groups in total. The van der Waals surface area contributed by atoms with E-state index >= 15 is 0 Å². The van der Waals surface area contributed by atoms with Crippen LogP contribution in [0.3, 0.4) is 0 Å². The number of aliphatic carboxylic acids is 1. The summed E-state index contributed by atoms with van der Waals surface area (Å²) >= 11 is 0. The predicted molar refractivity (Wildman–Crippen MR) is 76.9 cm³/mol. The molecule has 0 aliphatic heterocycles. The van der Waals surface area contributed by atoms with Gasteiger partial charge < -0.3 is 15.2 Å². The summed E-state index contributed by atoms with van der Waals surface area (Å²) in [5.74, 6) is 0.0305. The third-order valence-corrected chi connectivity index (χ3v) is 2.81. The molecule has 1 unspecified atom stereocenters. The number of carboxylic acids is 1. The van der Waals surface area contributed by atoms with E-state index in [0.717, 1.165) is 6.42 Å². The first-order valence-electron chi connectivity index (χ1n) is 6.77. The van der Waals surface area contributed by atoms with Gasteiger partial charge in [-0.1, -0.05) is 27.7 Å². The van der Waals surface area contributed by atoms with E-state index in [2.05, 4.69) is 15.3 Å². The smallest absolute Gasteiger partial charge is 0.305 e. The Bertz CT molecular complexity index is 444. The zero-order valence-electron chi connectivity index (χ0n) is 12.5. The molecule has 0 aliphatic rings. The van der Waals surface area contributed by atoms with Gasteiger partial charge in [0.2, 0.25) is 11.8 Å². The molecule has 1 atom stereocenters. The van der Waals surface area contributed by atoms with Crippen molar-refractivity contribution in [3.05, 3.63) is 12.3 Å². The van der Waals surface area contributed by atoms with E-state index in [1.807, 2.05) is 27.7 Å². The third-order valence-electron chi connectivity index (χ3n) is 2.81. The van der Waals surface area contributed by atoms with Gasteiger partial charge >= 0.3 is 5.97 Å². The highest BCUT2D eigenvalue weighted by Gasteiger charge is 2.27. The number of carbonyl (C=O) groups is 1. The second-order valence-corrected chi connectivity index (χ2v) is 5.73. The van der Waals surface area contributed by atoms with Crippen LogP contribution in [0.5, 0.6) is 5.88 Å². The summed E-state index contributed by atoms with van der Waals surface area (Å²) in [5.41, 5.74) is -0.220. The quantitative estimate of drug-likeness (QED) is 0.799. The molecular formula is C14H23N3O3. The van der Waals surface area contributed by atoms with Crippen molar-refractivity contribution in [3.63, 3.8) is 0 Å². The Hall–Kier alpha value is -1.85. The fourth-order valence-electron chi connectivity index (χ4n) is 1.60. The zero-order valence-corrected chi connectivity index (χ0v) is 12.5. The van der Waals surface area contributed by atoms with Gasteiger partial charge in [-0.25, -0.2) is 4.98 Å². The second-order valence-electron chi connectivity index (χ2n) is 5.73. The minimum atomic E-state index is -0.851. The van der Waals surface area contributed by atoms with Gasteiger partial charge in [-0.2, -0.15) is 4.98 Å². The molecule has 0 radical (unpaired) electrons. The number of nitrogens with one attached hydrogen (secondary N) is 1. The van der Waals surface area contributed by atoms with Gasteiger partial charge in [0, 0.05) is 18.3 Å². The molecule has 1 aromatic rings. The maximum absolute atomic E-state index is 10.9. The Balaban J connectivity index is 2.80. The Morgan fingerprint density at radius 2 is 2.20 bits per heavy atom. The van der Waals surface area contributed by atoms with Crippen LogP contribution in [0.4, 0.5) is 5.95 Å². The van der Waals surface area contributed by atoms with E-state index in [1.165, 1.54) is 0 Å². The first-order chi connectivity index (χ1) is 9.32. The lowest BCUT2D eigenvalue weighted by molar-refractivity contribution is -0.137. The fourth-order valence-corrected chi connectivity index (χ4v) is 1.60. The van der Waals surface area contributed by atoms with Crippen LogP contribution in [0.15, 0.2) is 12.3 Å². The summed E-state index contributed by atoms with van der Waals surface area (Å²) in [6.45, 7) is 8.54. The predicted octanol–water partition coefficient (Wildman–Crippen LogP) is 2.57. The zero-order chi connectivity index (χ0) is 15.2. The summed E-state index contributed by atoms with van der Waals surface area (Å²) in [7, 11) is 0. The molecule has 112 valence electrons. The van der Waals surface area contributed by atoms with E-state index in [-0.39, 0.29) is 17.9 Å². The topological polar surface area (TPSA) is 84.3 Å². The maximum Gasteiger partial charge on any atom is 0.305 e. The SMILES string of the molecule is CCCOc1ccnc(NC(CC(=O)O)C(C)(C)C)n1. The molecule has 0 aliphatic carbocycles. The lowest BCUT2D eigenvalue weighted by Gasteiger charge is -2.30. The largest absolute Gasteiger partial charge is 0.481 e. The lowest BCUT2D eigenvalue weighted by Crippen LogP contribution is -2.36. The van der Waals surface area contributed by atoms with Crippen LogP contribution in [-0.4, -0.2) is 33.7 Å². The average Bonchev–Trinajstić information content (AvgIpc) is 2.34. The Labute approximate surface area is 119 Å². The van der Waals surface area contributed by atoms with Crippen molar-refractivity contribution in [2.24, 2.45) is 5.41 Å². The minimum absolute atomic E-state index is 0.00685. The standard InChI is InChI=1S/C14H23N3O3/c1-5-8-20-11-6-7-15-13(17-11)16-10(9-12(18)19)14(2,3)4/h6-7,10H,5,8-9H2,1-4H3,(H,18,19)(H,15,16,17). The second kappa shape index (κ2) is 7.07. The molecule has 0 spiro atoms. The van der Waals surface area contributed by atoms with Crippen LogP contribution in [-0.2, 0) is 4.79 Å². The molecule has 20 heavy (non-hydrogen) atoms. The summed E-state index contributed by atoms with van der Waals surface area (Å²) in [5, 5.41) is 12.1. The molecule has 0 aromatic carbocycles. The molecule has 0 bridgehead atoms. The number of nitrogens with zero attached hydrogens (tertiary/aromatic N) is 2. The number of rotatable bonds is 7. The molecular weight excluding hydrogens is 258 g/mol. The van der Waals surface area contributed by atoms with Crippen LogP contribution >= 0.6 is 0 Å². The molecule has 6 nitrogen and oxygen atoms in total.